The summed E-state index contributed by atoms with van der Waals surface area (Å²) in [5, 5.41) is 10.1. The predicted octanol–water partition coefficient (Wildman–Crippen LogP) is 3.33. The molecule has 0 saturated heterocycles. The maximum absolute atomic E-state index is 10.1. The average molecular weight is 236 g/mol. The van der Waals surface area contributed by atoms with E-state index in [1.807, 2.05) is 20.8 Å². The minimum Gasteiger partial charge on any atom is -0.361 e. The van der Waals surface area contributed by atoms with Gasteiger partial charge in [-0.2, -0.15) is 10.0 Å². The first-order valence-corrected chi connectivity index (χ1v) is 8.28. The molecule has 0 amide bonds. The third kappa shape index (κ3) is 5.79. The molecule has 0 aliphatic carbocycles. The Bertz CT molecular complexity index is 177. The molecule has 0 rings (SSSR count). The van der Waals surface area contributed by atoms with Crippen LogP contribution in [-0.2, 0) is 4.74 Å². The predicted molar refractivity (Wildman–Crippen MR) is 70.7 cm³/mol. The molecular formula is C12H28O2S. The van der Waals surface area contributed by atoms with E-state index in [2.05, 4.69) is 20.1 Å². The molecule has 2 atom stereocenters. The molecule has 1 N–H and O–H groups in total. The van der Waals surface area contributed by atoms with Crippen molar-refractivity contribution in [3.05, 3.63) is 0 Å². The zero-order chi connectivity index (χ0) is 12.1. The first-order valence-electron chi connectivity index (χ1n) is 5.83. The monoisotopic (exact) mass is 236 g/mol. The van der Waals surface area contributed by atoms with E-state index in [1.165, 1.54) is 12.8 Å². The molecule has 0 aliphatic rings. The van der Waals surface area contributed by atoms with E-state index in [0.717, 1.165) is 11.5 Å². The van der Waals surface area contributed by atoms with E-state index in [4.69, 9.17) is 4.74 Å². The molecule has 0 spiro atoms. The quantitative estimate of drug-likeness (QED) is 0.717. The fourth-order valence-corrected chi connectivity index (χ4v) is 3.52. The fourth-order valence-electron chi connectivity index (χ4n) is 1.28. The van der Waals surface area contributed by atoms with Gasteiger partial charge in [0.2, 0.25) is 0 Å². The van der Waals surface area contributed by atoms with Crippen LogP contribution in [0.4, 0.5) is 0 Å². The lowest BCUT2D eigenvalue weighted by Crippen LogP contribution is -2.33. The molecule has 94 valence electrons. The lowest BCUT2D eigenvalue weighted by atomic mass is 10.2. The Labute approximate surface area is 96.7 Å². The SMILES string of the molecule is CCCCS(C)(CC)C(O)OC(C)(C)C. The average Bonchev–Trinajstić information content (AvgIpc) is 2.11. The Morgan fingerprint density at radius 1 is 1.27 bits per heavy atom. The van der Waals surface area contributed by atoms with Crippen LogP contribution in [0.25, 0.3) is 0 Å². The molecule has 2 unspecified atom stereocenters. The van der Waals surface area contributed by atoms with Crippen LogP contribution in [0.2, 0.25) is 0 Å². The number of ether oxygens (including phenoxy) is 1. The number of aliphatic hydroxyl groups is 1. The van der Waals surface area contributed by atoms with Gasteiger partial charge in [-0.15, -0.1) is 0 Å². The van der Waals surface area contributed by atoms with Crippen molar-refractivity contribution in [1.29, 1.82) is 0 Å². The molecule has 0 aromatic carbocycles. The van der Waals surface area contributed by atoms with Gasteiger partial charge >= 0.3 is 0 Å². The highest BCUT2D eigenvalue weighted by atomic mass is 32.3. The second-order valence-electron chi connectivity index (χ2n) is 5.23. The van der Waals surface area contributed by atoms with Crippen molar-refractivity contribution < 1.29 is 9.84 Å². The number of hydrogen-bond donors (Lipinski definition) is 1. The van der Waals surface area contributed by atoms with Gasteiger partial charge in [-0.1, -0.05) is 20.3 Å². The second-order valence-corrected chi connectivity index (χ2v) is 9.32. The van der Waals surface area contributed by atoms with Crippen LogP contribution in [0.1, 0.15) is 47.5 Å². The number of rotatable bonds is 6. The number of hydrogen-bond acceptors (Lipinski definition) is 2. The molecule has 0 saturated carbocycles. The summed E-state index contributed by atoms with van der Waals surface area (Å²) in [5.74, 6) is 2.14. The van der Waals surface area contributed by atoms with Crippen molar-refractivity contribution in [2.24, 2.45) is 0 Å². The zero-order valence-electron chi connectivity index (χ0n) is 11.2. The molecule has 15 heavy (non-hydrogen) atoms. The summed E-state index contributed by atoms with van der Waals surface area (Å²) >= 11 is 0. The molecule has 0 heterocycles. The standard InChI is InChI=1S/C12H28O2S/c1-7-9-10-15(6,8-2)11(13)14-12(3,4)5/h11,13H,7-10H2,1-6H3. The lowest BCUT2D eigenvalue weighted by Gasteiger charge is -2.41. The molecular weight excluding hydrogens is 208 g/mol. The first kappa shape index (κ1) is 15.3. The Morgan fingerprint density at radius 2 is 1.80 bits per heavy atom. The summed E-state index contributed by atoms with van der Waals surface area (Å²) in [7, 11) is -1.02. The van der Waals surface area contributed by atoms with Crippen LogP contribution in [0.15, 0.2) is 0 Å². The van der Waals surface area contributed by atoms with Crippen molar-refractivity contribution in [3.8, 4) is 0 Å². The lowest BCUT2D eigenvalue weighted by molar-refractivity contribution is -0.115. The summed E-state index contributed by atoms with van der Waals surface area (Å²) < 4.78 is 5.68. The summed E-state index contributed by atoms with van der Waals surface area (Å²) in [6.45, 7) is 10.3. The van der Waals surface area contributed by atoms with Crippen molar-refractivity contribution in [2.45, 2.75) is 58.7 Å². The van der Waals surface area contributed by atoms with Gasteiger partial charge in [0.25, 0.3) is 0 Å². The Balaban J connectivity index is 4.36. The molecule has 0 radical (unpaired) electrons. The maximum Gasteiger partial charge on any atom is 0.189 e. The topological polar surface area (TPSA) is 29.5 Å². The number of unbranched alkanes of at least 4 members (excludes halogenated alkanes) is 1. The summed E-state index contributed by atoms with van der Waals surface area (Å²) in [4.78, 5) is 0. The van der Waals surface area contributed by atoms with Gasteiger partial charge in [0.15, 0.2) is 5.62 Å². The van der Waals surface area contributed by atoms with Gasteiger partial charge in [-0.25, -0.2) is 0 Å². The van der Waals surface area contributed by atoms with Crippen LogP contribution < -0.4 is 0 Å². The Kier molecular flexibility index (Phi) is 6.23. The molecule has 3 heteroatoms. The van der Waals surface area contributed by atoms with E-state index in [-0.39, 0.29) is 5.60 Å². The third-order valence-electron chi connectivity index (χ3n) is 2.56. The maximum atomic E-state index is 10.1. The van der Waals surface area contributed by atoms with E-state index in [9.17, 15) is 5.11 Å². The van der Waals surface area contributed by atoms with Gasteiger partial charge in [0.05, 0.1) is 5.60 Å². The molecule has 2 nitrogen and oxygen atoms in total. The Hall–Kier alpha value is 0.270. The number of aliphatic hydroxyl groups excluding tert-OH is 1. The summed E-state index contributed by atoms with van der Waals surface area (Å²) in [6.07, 6.45) is 4.56. The summed E-state index contributed by atoms with van der Waals surface area (Å²) in [5.41, 5.74) is -0.830. The molecule has 0 aliphatic heterocycles. The molecule has 0 aromatic heterocycles. The Morgan fingerprint density at radius 3 is 2.13 bits per heavy atom. The summed E-state index contributed by atoms with van der Waals surface area (Å²) in [6, 6.07) is 0. The first-order chi connectivity index (χ1) is 6.75. The molecule has 0 bridgehead atoms. The smallest absolute Gasteiger partial charge is 0.189 e. The molecule has 0 aromatic rings. The van der Waals surface area contributed by atoms with Gasteiger partial charge < -0.3 is 9.84 Å². The largest absolute Gasteiger partial charge is 0.361 e. The van der Waals surface area contributed by atoms with Crippen LogP contribution in [0.5, 0.6) is 0 Å². The highest BCUT2D eigenvalue weighted by Gasteiger charge is 2.29. The van der Waals surface area contributed by atoms with E-state index in [0.29, 0.717) is 0 Å². The van der Waals surface area contributed by atoms with Crippen LogP contribution in [0, 0.1) is 0 Å². The van der Waals surface area contributed by atoms with E-state index < -0.39 is 15.7 Å². The second kappa shape index (κ2) is 6.12. The van der Waals surface area contributed by atoms with Crippen molar-refractivity contribution >= 4 is 10.0 Å². The van der Waals surface area contributed by atoms with Gasteiger partial charge in [0.1, 0.15) is 0 Å². The van der Waals surface area contributed by atoms with Gasteiger partial charge in [-0.05, 0) is 45.0 Å². The third-order valence-corrected chi connectivity index (χ3v) is 6.17. The van der Waals surface area contributed by atoms with Crippen molar-refractivity contribution in [2.75, 3.05) is 17.8 Å². The fraction of sp³-hybridized carbons (Fsp3) is 1.00. The minimum atomic E-state index is -1.02. The van der Waals surface area contributed by atoms with Crippen molar-refractivity contribution in [1.82, 2.24) is 0 Å². The molecule has 0 fully saturated rings. The minimum absolute atomic E-state index is 0.255. The van der Waals surface area contributed by atoms with Crippen LogP contribution >= 0.6 is 10.0 Å². The normalized spacial score (nSPS) is 20.7. The van der Waals surface area contributed by atoms with Gasteiger partial charge in [-0.3, -0.25) is 0 Å². The van der Waals surface area contributed by atoms with Crippen LogP contribution in [-0.4, -0.2) is 34.1 Å². The van der Waals surface area contributed by atoms with Gasteiger partial charge in [0, 0.05) is 0 Å². The van der Waals surface area contributed by atoms with Crippen molar-refractivity contribution in [3.63, 3.8) is 0 Å². The highest BCUT2D eigenvalue weighted by molar-refractivity contribution is 8.33. The van der Waals surface area contributed by atoms with E-state index in [1.54, 1.807) is 0 Å². The zero-order valence-corrected chi connectivity index (χ0v) is 12.0. The van der Waals surface area contributed by atoms with E-state index >= 15 is 0 Å². The highest BCUT2D eigenvalue weighted by Crippen LogP contribution is 2.49. The van der Waals surface area contributed by atoms with Crippen LogP contribution in [0.3, 0.4) is 0 Å².